The molecule has 0 aliphatic heterocycles. The monoisotopic (exact) mass is 773 g/mol. The SMILES string of the molecule is CCOC(=O)c1c(NC(=O)C(Sc2cccc(NC(=O)/C(=C\c3ccccc3OCC)NC(=O)c3ccccc3)c2)c2ccccc2)sc2c1CCC(C)C2. The summed E-state index contributed by atoms with van der Waals surface area (Å²) in [5.41, 5.74) is 3.70. The fraction of sp³-hybridized carbons (Fsp3) is 0.227. The first kappa shape index (κ1) is 39.1. The maximum absolute atomic E-state index is 14.2. The van der Waals surface area contributed by atoms with Gasteiger partial charge in [0.25, 0.3) is 11.8 Å². The Morgan fingerprint density at radius 1 is 0.873 bits per heavy atom. The molecule has 2 atom stereocenters. The van der Waals surface area contributed by atoms with Crippen molar-refractivity contribution < 1.29 is 28.7 Å². The first-order valence-electron chi connectivity index (χ1n) is 18.3. The second kappa shape index (κ2) is 18.6. The summed E-state index contributed by atoms with van der Waals surface area (Å²) in [4.78, 5) is 56.4. The summed E-state index contributed by atoms with van der Waals surface area (Å²) in [6.07, 6.45) is 4.17. The molecule has 5 aromatic rings. The molecule has 2 unspecified atom stereocenters. The van der Waals surface area contributed by atoms with Gasteiger partial charge in [-0.3, -0.25) is 14.4 Å². The minimum atomic E-state index is -0.698. The van der Waals surface area contributed by atoms with E-state index in [4.69, 9.17) is 9.47 Å². The summed E-state index contributed by atoms with van der Waals surface area (Å²) in [5.74, 6) is -0.638. The predicted molar refractivity (Wildman–Crippen MR) is 220 cm³/mol. The zero-order valence-electron chi connectivity index (χ0n) is 30.9. The molecule has 1 aliphatic carbocycles. The Balaban J connectivity index is 1.26. The van der Waals surface area contributed by atoms with Crippen molar-refractivity contribution in [2.24, 2.45) is 5.92 Å². The van der Waals surface area contributed by atoms with Crippen LogP contribution in [0, 0.1) is 5.92 Å². The number of amides is 3. The zero-order valence-corrected chi connectivity index (χ0v) is 32.6. The molecule has 9 nitrogen and oxygen atoms in total. The van der Waals surface area contributed by atoms with E-state index in [9.17, 15) is 19.2 Å². The van der Waals surface area contributed by atoms with E-state index in [0.29, 0.717) is 50.5 Å². The Morgan fingerprint density at radius 2 is 1.60 bits per heavy atom. The van der Waals surface area contributed by atoms with Gasteiger partial charge in [-0.15, -0.1) is 23.1 Å². The van der Waals surface area contributed by atoms with E-state index in [1.165, 1.54) is 23.1 Å². The van der Waals surface area contributed by atoms with Crippen LogP contribution >= 0.6 is 23.1 Å². The molecule has 1 heterocycles. The Labute approximate surface area is 329 Å². The van der Waals surface area contributed by atoms with Crippen molar-refractivity contribution >= 4 is 63.6 Å². The smallest absolute Gasteiger partial charge is 0.341 e. The fourth-order valence-electron chi connectivity index (χ4n) is 6.30. The van der Waals surface area contributed by atoms with Crippen molar-refractivity contribution in [1.29, 1.82) is 0 Å². The molecule has 0 fully saturated rings. The molecular formula is C44H43N3O6S2. The number of thioether (sulfide) groups is 1. The van der Waals surface area contributed by atoms with Crippen LogP contribution in [0.4, 0.5) is 10.7 Å². The van der Waals surface area contributed by atoms with E-state index in [1.54, 1.807) is 67.6 Å². The van der Waals surface area contributed by atoms with Crippen LogP contribution in [0.3, 0.4) is 0 Å². The average molecular weight is 774 g/mol. The molecule has 11 heteroatoms. The van der Waals surface area contributed by atoms with Crippen LogP contribution in [0.5, 0.6) is 5.75 Å². The van der Waals surface area contributed by atoms with Crippen molar-refractivity contribution in [2.75, 3.05) is 23.8 Å². The molecule has 3 N–H and O–H groups in total. The third-order valence-corrected chi connectivity index (χ3v) is 11.4. The van der Waals surface area contributed by atoms with Crippen LogP contribution in [0.25, 0.3) is 6.08 Å². The minimum absolute atomic E-state index is 0.0195. The molecule has 282 valence electrons. The van der Waals surface area contributed by atoms with Gasteiger partial charge in [0.15, 0.2) is 0 Å². The molecule has 0 radical (unpaired) electrons. The van der Waals surface area contributed by atoms with Crippen molar-refractivity contribution in [2.45, 2.75) is 50.2 Å². The van der Waals surface area contributed by atoms with Crippen LogP contribution in [0.2, 0.25) is 0 Å². The van der Waals surface area contributed by atoms with Crippen molar-refractivity contribution in [3.8, 4) is 5.75 Å². The van der Waals surface area contributed by atoms with Crippen LogP contribution in [0.1, 0.15) is 74.7 Å². The molecule has 1 aliphatic rings. The van der Waals surface area contributed by atoms with Gasteiger partial charge in [-0.2, -0.15) is 0 Å². The lowest BCUT2D eigenvalue weighted by Crippen LogP contribution is -2.30. The molecule has 0 saturated heterocycles. The summed E-state index contributed by atoms with van der Waals surface area (Å²) in [6, 6.07) is 32.5. The lowest BCUT2D eigenvalue weighted by Gasteiger charge is -2.19. The first-order chi connectivity index (χ1) is 26.7. The van der Waals surface area contributed by atoms with Crippen molar-refractivity contribution in [1.82, 2.24) is 5.32 Å². The molecule has 3 amide bonds. The van der Waals surface area contributed by atoms with Gasteiger partial charge >= 0.3 is 5.97 Å². The number of fused-ring (bicyclic) bond motifs is 1. The number of anilines is 2. The molecular weight excluding hydrogens is 731 g/mol. The summed E-state index contributed by atoms with van der Waals surface area (Å²) < 4.78 is 11.2. The van der Waals surface area contributed by atoms with Crippen LogP contribution in [-0.2, 0) is 27.2 Å². The number of nitrogens with one attached hydrogen (secondary N) is 3. The number of hydrogen-bond donors (Lipinski definition) is 3. The highest BCUT2D eigenvalue weighted by molar-refractivity contribution is 8.00. The van der Waals surface area contributed by atoms with Gasteiger partial charge in [0.1, 0.15) is 21.7 Å². The van der Waals surface area contributed by atoms with E-state index in [-0.39, 0.29) is 18.2 Å². The summed E-state index contributed by atoms with van der Waals surface area (Å²) in [7, 11) is 0. The third-order valence-electron chi connectivity index (χ3n) is 8.96. The minimum Gasteiger partial charge on any atom is -0.493 e. The summed E-state index contributed by atoms with van der Waals surface area (Å²) in [5, 5.41) is 8.62. The molecule has 0 spiro atoms. The highest BCUT2D eigenvalue weighted by atomic mass is 32.2. The zero-order chi connectivity index (χ0) is 38.7. The second-order valence-electron chi connectivity index (χ2n) is 13.0. The van der Waals surface area contributed by atoms with Crippen molar-refractivity contribution in [3.05, 3.63) is 148 Å². The number of thiophene rings is 1. The van der Waals surface area contributed by atoms with Gasteiger partial charge in [0.05, 0.1) is 18.8 Å². The topological polar surface area (TPSA) is 123 Å². The molecule has 4 aromatic carbocycles. The first-order valence-corrected chi connectivity index (χ1v) is 20.0. The number of benzene rings is 4. The van der Waals surface area contributed by atoms with Crippen molar-refractivity contribution in [3.63, 3.8) is 0 Å². The maximum atomic E-state index is 14.2. The van der Waals surface area contributed by atoms with E-state index in [1.807, 2.05) is 61.5 Å². The molecule has 0 saturated carbocycles. The van der Waals surface area contributed by atoms with Gasteiger partial charge in [-0.05, 0) is 92.6 Å². The third kappa shape index (κ3) is 9.92. The van der Waals surface area contributed by atoms with E-state index in [2.05, 4.69) is 22.9 Å². The number of hydrogen-bond acceptors (Lipinski definition) is 8. The number of carbonyl (C=O) groups excluding carboxylic acids is 4. The number of para-hydroxylation sites is 1. The lowest BCUT2D eigenvalue weighted by molar-refractivity contribution is -0.116. The average Bonchev–Trinajstić information content (AvgIpc) is 3.55. The lowest BCUT2D eigenvalue weighted by atomic mass is 9.88. The number of rotatable bonds is 14. The normalized spacial score (nSPS) is 14.2. The van der Waals surface area contributed by atoms with Crippen LogP contribution < -0.4 is 20.7 Å². The largest absolute Gasteiger partial charge is 0.493 e. The van der Waals surface area contributed by atoms with Gasteiger partial charge in [0.2, 0.25) is 5.91 Å². The Morgan fingerprint density at radius 3 is 2.35 bits per heavy atom. The quantitative estimate of drug-likeness (QED) is 0.0584. The second-order valence-corrected chi connectivity index (χ2v) is 15.3. The van der Waals surface area contributed by atoms with Crippen LogP contribution in [-0.4, -0.2) is 36.9 Å². The highest BCUT2D eigenvalue weighted by Gasteiger charge is 2.31. The van der Waals surface area contributed by atoms with E-state index >= 15 is 0 Å². The standard InChI is InChI=1S/C44H43N3O6S2/c1-4-52-36-22-13-12-19-31(36)26-35(46-40(48)30-17-10-7-11-18-30)41(49)45-32-20-14-21-33(27-32)54-39(29-15-8-6-9-16-29)42(50)47-43-38(44(51)53-5-2)34-24-23-28(3)25-37(34)55-43/h6-22,26-28,39H,4-5,23-25H2,1-3H3,(H,45,49)(H,46,48)(H,47,50)/b35-26+. The number of ether oxygens (including phenoxy) is 2. The molecule has 55 heavy (non-hydrogen) atoms. The van der Waals surface area contributed by atoms with Gasteiger partial charge < -0.3 is 25.4 Å². The van der Waals surface area contributed by atoms with E-state index in [0.717, 1.165) is 35.3 Å². The van der Waals surface area contributed by atoms with Gasteiger partial charge in [0, 0.05) is 26.6 Å². The summed E-state index contributed by atoms with van der Waals surface area (Å²) >= 11 is 2.77. The number of carbonyl (C=O) groups is 4. The molecule has 0 bridgehead atoms. The molecule has 6 rings (SSSR count). The fourth-order valence-corrected chi connectivity index (χ4v) is 8.79. The van der Waals surface area contributed by atoms with Crippen LogP contribution in [0.15, 0.2) is 120 Å². The number of esters is 1. The predicted octanol–water partition coefficient (Wildman–Crippen LogP) is 9.33. The maximum Gasteiger partial charge on any atom is 0.341 e. The van der Waals surface area contributed by atoms with E-state index < -0.39 is 23.0 Å². The summed E-state index contributed by atoms with van der Waals surface area (Å²) in [6.45, 7) is 6.51. The Hall–Kier alpha value is -5.65. The van der Waals surface area contributed by atoms with Gasteiger partial charge in [-0.25, -0.2) is 4.79 Å². The Bertz CT molecular complexity index is 2180. The Kier molecular flexibility index (Phi) is 13.2. The van der Waals surface area contributed by atoms with Gasteiger partial charge in [-0.1, -0.05) is 79.7 Å². The highest BCUT2D eigenvalue weighted by Crippen LogP contribution is 2.42. The molecule has 1 aromatic heterocycles.